The summed E-state index contributed by atoms with van der Waals surface area (Å²) in [4.78, 5) is 11.7. The number of esters is 1. The fourth-order valence-corrected chi connectivity index (χ4v) is 3.09. The lowest BCUT2D eigenvalue weighted by atomic mass is 10.1. The predicted octanol–water partition coefficient (Wildman–Crippen LogP) is 4.84. The van der Waals surface area contributed by atoms with E-state index in [1.165, 1.54) is 32.1 Å². The van der Waals surface area contributed by atoms with Crippen molar-refractivity contribution < 1.29 is 28.5 Å². The highest BCUT2D eigenvalue weighted by molar-refractivity contribution is 5.69. The molecule has 0 fully saturated rings. The van der Waals surface area contributed by atoms with Crippen LogP contribution < -0.4 is 10.1 Å². The maximum absolute atomic E-state index is 11.7. The largest absolute Gasteiger partial charge is 0.494 e. The van der Waals surface area contributed by atoms with Crippen LogP contribution in [0.3, 0.4) is 0 Å². The van der Waals surface area contributed by atoms with Gasteiger partial charge in [-0.1, -0.05) is 38.5 Å². The number of ether oxygens (including phenoxy) is 5. The quantitative estimate of drug-likeness (QED) is 0.199. The molecule has 0 heterocycles. The van der Waals surface area contributed by atoms with Gasteiger partial charge in [-0.05, 0) is 37.1 Å². The van der Waals surface area contributed by atoms with Gasteiger partial charge < -0.3 is 29.0 Å². The van der Waals surface area contributed by atoms with Gasteiger partial charge in [0.05, 0.1) is 39.6 Å². The van der Waals surface area contributed by atoms with Crippen LogP contribution in [0.25, 0.3) is 0 Å². The van der Waals surface area contributed by atoms with Crippen molar-refractivity contribution in [2.75, 3.05) is 65.7 Å². The molecule has 7 nitrogen and oxygen atoms in total. The minimum absolute atomic E-state index is 0.134. The molecule has 1 N–H and O–H groups in total. The van der Waals surface area contributed by atoms with Gasteiger partial charge in [0.25, 0.3) is 0 Å². The number of methoxy groups -OCH3 is 1. The number of nitrogens with one attached hydrogen (secondary N) is 1. The minimum Gasteiger partial charge on any atom is -0.494 e. The maximum Gasteiger partial charge on any atom is 0.305 e. The summed E-state index contributed by atoms with van der Waals surface area (Å²) in [5, 5.41) is 3.10. The molecule has 0 aliphatic heterocycles. The van der Waals surface area contributed by atoms with Crippen molar-refractivity contribution in [3.8, 4) is 5.75 Å². The molecule has 32 heavy (non-hydrogen) atoms. The number of benzene rings is 1. The molecule has 0 saturated heterocycles. The Morgan fingerprint density at radius 3 is 1.91 bits per heavy atom. The van der Waals surface area contributed by atoms with Gasteiger partial charge >= 0.3 is 5.97 Å². The van der Waals surface area contributed by atoms with Gasteiger partial charge in [0.2, 0.25) is 0 Å². The van der Waals surface area contributed by atoms with E-state index in [1.807, 2.05) is 31.3 Å². The van der Waals surface area contributed by atoms with Crippen LogP contribution >= 0.6 is 0 Å². The first-order valence-corrected chi connectivity index (χ1v) is 12.0. The molecular formula is C25H43NO6. The molecule has 0 amide bonds. The van der Waals surface area contributed by atoms with Crippen molar-refractivity contribution in [3.05, 3.63) is 24.3 Å². The van der Waals surface area contributed by atoms with E-state index in [4.69, 9.17) is 23.7 Å². The van der Waals surface area contributed by atoms with Crippen molar-refractivity contribution in [1.29, 1.82) is 0 Å². The highest BCUT2D eigenvalue weighted by atomic mass is 16.6. The molecular weight excluding hydrogens is 410 g/mol. The molecule has 0 aliphatic rings. The number of hydrogen-bond acceptors (Lipinski definition) is 7. The number of hydrogen-bond donors (Lipinski definition) is 1. The second-order valence-electron chi connectivity index (χ2n) is 7.64. The van der Waals surface area contributed by atoms with Crippen LogP contribution in [0, 0.1) is 0 Å². The minimum atomic E-state index is -0.134. The van der Waals surface area contributed by atoms with Crippen molar-refractivity contribution in [3.63, 3.8) is 0 Å². The first-order valence-electron chi connectivity index (χ1n) is 12.0. The van der Waals surface area contributed by atoms with Crippen LogP contribution in [-0.2, 0) is 23.7 Å². The van der Waals surface area contributed by atoms with Gasteiger partial charge in [-0.25, -0.2) is 0 Å². The Morgan fingerprint density at radius 1 is 0.719 bits per heavy atom. The SMILES string of the molecule is CNc1ccc(OCCCCCCCCCCC(=O)OCCOCCOCCOC)cc1. The highest BCUT2D eigenvalue weighted by Crippen LogP contribution is 2.16. The molecule has 184 valence electrons. The van der Waals surface area contributed by atoms with Gasteiger partial charge in [0.15, 0.2) is 0 Å². The van der Waals surface area contributed by atoms with Crippen LogP contribution in [0.15, 0.2) is 24.3 Å². The monoisotopic (exact) mass is 453 g/mol. The number of anilines is 1. The zero-order valence-electron chi connectivity index (χ0n) is 20.1. The normalized spacial score (nSPS) is 10.8. The van der Waals surface area contributed by atoms with E-state index in [-0.39, 0.29) is 5.97 Å². The summed E-state index contributed by atoms with van der Waals surface area (Å²) < 4.78 is 26.4. The Balaban J connectivity index is 1.78. The second kappa shape index (κ2) is 21.0. The highest BCUT2D eigenvalue weighted by Gasteiger charge is 2.02. The fraction of sp³-hybridized carbons (Fsp3) is 0.720. The standard InChI is InChI=1S/C25H43NO6/c1-26-23-12-14-24(15-13-23)31-16-10-8-6-4-3-5-7-9-11-25(27)32-22-21-30-20-19-29-18-17-28-2/h12-15,26H,3-11,16-22H2,1-2H3. The van der Waals surface area contributed by atoms with Crippen molar-refractivity contribution >= 4 is 11.7 Å². The van der Waals surface area contributed by atoms with Gasteiger partial charge in [-0.2, -0.15) is 0 Å². The number of unbranched alkanes of at least 4 members (excludes halogenated alkanes) is 7. The molecule has 0 bridgehead atoms. The Labute approximate surface area is 194 Å². The summed E-state index contributed by atoms with van der Waals surface area (Å²) in [6, 6.07) is 8.04. The molecule has 0 saturated carbocycles. The smallest absolute Gasteiger partial charge is 0.305 e. The van der Waals surface area contributed by atoms with E-state index in [0.29, 0.717) is 46.1 Å². The summed E-state index contributed by atoms with van der Waals surface area (Å²) >= 11 is 0. The zero-order chi connectivity index (χ0) is 23.1. The van der Waals surface area contributed by atoms with Crippen LogP contribution in [0.1, 0.15) is 57.8 Å². The van der Waals surface area contributed by atoms with Gasteiger partial charge in [-0.3, -0.25) is 4.79 Å². The lowest BCUT2D eigenvalue weighted by molar-refractivity contribution is -0.145. The predicted molar refractivity (Wildman–Crippen MR) is 128 cm³/mol. The summed E-state index contributed by atoms with van der Waals surface area (Å²) in [5.74, 6) is 0.795. The summed E-state index contributed by atoms with van der Waals surface area (Å²) in [6.45, 7) is 3.66. The Hall–Kier alpha value is -1.83. The molecule has 0 atom stereocenters. The third-order valence-electron chi connectivity index (χ3n) is 4.98. The molecule has 7 heteroatoms. The van der Waals surface area contributed by atoms with E-state index >= 15 is 0 Å². The number of carbonyl (C=O) groups is 1. The third kappa shape index (κ3) is 16.8. The average Bonchev–Trinajstić information content (AvgIpc) is 2.81. The lowest BCUT2D eigenvalue weighted by Crippen LogP contribution is -2.13. The van der Waals surface area contributed by atoms with Crippen LogP contribution in [0.5, 0.6) is 5.75 Å². The third-order valence-corrected chi connectivity index (χ3v) is 4.98. The summed E-state index contributed by atoms with van der Waals surface area (Å²) in [7, 11) is 3.55. The van der Waals surface area contributed by atoms with Gasteiger partial charge in [0.1, 0.15) is 12.4 Å². The molecule has 1 rings (SSSR count). The van der Waals surface area contributed by atoms with Crippen LogP contribution in [0.4, 0.5) is 5.69 Å². The Bertz CT molecular complexity index is 552. The number of rotatable bonds is 22. The van der Waals surface area contributed by atoms with Crippen molar-refractivity contribution in [2.45, 2.75) is 57.8 Å². The molecule has 0 unspecified atom stereocenters. The van der Waals surface area contributed by atoms with E-state index in [9.17, 15) is 4.79 Å². The van der Waals surface area contributed by atoms with E-state index in [1.54, 1.807) is 7.11 Å². The van der Waals surface area contributed by atoms with E-state index in [2.05, 4.69) is 5.32 Å². The molecule has 1 aromatic carbocycles. The topological polar surface area (TPSA) is 75.3 Å². The van der Waals surface area contributed by atoms with Crippen LogP contribution in [0.2, 0.25) is 0 Å². The molecule has 0 radical (unpaired) electrons. The van der Waals surface area contributed by atoms with Crippen molar-refractivity contribution in [2.24, 2.45) is 0 Å². The second-order valence-corrected chi connectivity index (χ2v) is 7.64. The van der Waals surface area contributed by atoms with Gasteiger partial charge in [0, 0.05) is 26.3 Å². The van der Waals surface area contributed by atoms with Crippen molar-refractivity contribution in [1.82, 2.24) is 0 Å². The molecule has 0 aliphatic carbocycles. The summed E-state index contributed by atoms with van der Waals surface area (Å²) in [6.07, 6.45) is 9.63. The molecule has 1 aromatic rings. The average molecular weight is 454 g/mol. The lowest BCUT2D eigenvalue weighted by Gasteiger charge is -2.07. The number of carbonyl (C=O) groups excluding carboxylic acids is 1. The van der Waals surface area contributed by atoms with E-state index < -0.39 is 0 Å². The Morgan fingerprint density at radius 2 is 1.28 bits per heavy atom. The van der Waals surface area contributed by atoms with E-state index in [0.717, 1.165) is 37.3 Å². The fourth-order valence-electron chi connectivity index (χ4n) is 3.09. The Kier molecular flexibility index (Phi) is 18.5. The first kappa shape index (κ1) is 28.2. The van der Waals surface area contributed by atoms with Gasteiger partial charge in [-0.15, -0.1) is 0 Å². The summed E-state index contributed by atoms with van der Waals surface area (Å²) in [5.41, 5.74) is 1.09. The van der Waals surface area contributed by atoms with Crippen LogP contribution in [-0.4, -0.2) is 66.4 Å². The maximum atomic E-state index is 11.7. The first-order chi connectivity index (χ1) is 15.8. The molecule has 0 spiro atoms. The molecule has 0 aromatic heterocycles. The zero-order valence-corrected chi connectivity index (χ0v) is 20.1.